The van der Waals surface area contributed by atoms with Crippen LogP contribution in [0.4, 0.5) is 4.39 Å². The lowest BCUT2D eigenvalue weighted by Crippen LogP contribution is -2.09. The van der Waals surface area contributed by atoms with Gasteiger partial charge in [-0.15, -0.1) is 0 Å². The van der Waals surface area contributed by atoms with E-state index in [4.69, 9.17) is 19.3 Å². The van der Waals surface area contributed by atoms with E-state index in [0.717, 1.165) is 18.4 Å². The van der Waals surface area contributed by atoms with Crippen LogP contribution >= 0.6 is 0 Å². The number of carboxylic acid groups (broad SMARTS) is 1. The fourth-order valence-corrected chi connectivity index (χ4v) is 2.50. The highest BCUT2D eigenvalue weighted by atomic mass is 19.1. The third-order valence-electron chi connectivity index (χ3n) is 3.74. The molecule has 0 unspecified atom stereocenters. The van der Waals surface area contributed by atoms with E-state index in [-0.39, 0.29) is 5.82 Å². The average molecular weight is 348 g/mol. The molecule has 0 aromatic heterocycles. The van der Waals surface area contributed by atoms with Gasteiger partial charge in [0, 0.05) is 0 Å². The van der Waals surface area contributed by atoms with Gasteiger partial charge in [-0.25, -0.2) is 9.18 Å². The molecular weight excluding hydrogens is 327 g/mol. The first-order chi connectivity index (χ1) is 12.0. The molecule has 0 aliphatic heterocycles. The summed E-state index contributed by atoms with van der Waals surface area (Å²) in [5.74, 6) is 0.287. The number of rotatable bonds is 9. The number of carbonyl (C=O) groups is 1. The Morgan fingerprint density at radius 2 is 1.80 bits per heavy atom. The maximum absolute atomic E-state index is 13.9. The van der Waals surface area contributed by atoms with Crippen molar-refractivity contribution in [2.75, 3.05) is 20.8 Å². The molecular formula is C19H21FO5. The molecule has 0 spiro atoms. The average Bonchev–Trinajstić information content (AvgIpc) is 2.61. The molecule has 2 aromatic rings. The Kier molecular flexibility index (Phi) is 6.62. The van der Waals surface area contributed by atoms with Crippen LogP contribution in [-0.4, -0.2) is 31.9 Å². The quantitative estimate of drug-likeness (QED) is 0.752. The summed E-state index contributed by atoms with van der Waals surface area (Å²) in [6.45, 7) is -0.448. The molecule has 0 heterocycles. The zero-order chi connectivity index (χ0) is 18.2. The molecule has 25 heavy (non-hydrogen) atoms. The lowest BCUT2D eigenvalue weighted by atomic mass is 10.0. The number of hydrogen-bond donors (Lipinski definition) is 1. The van der Waals surface area contributed by atoms with Crippen molar-refractivity contribution in [2.45, 2.75) is 19.3 Å². The Balaban J connectivity index is 1.97. The number of ether oxygens (including phenoxy) is 3. The van der Waals surface area contributed by atoms with Gasteiger partial charge in [0.15, 0.2) is 18.1 Å². The Morgan fingerprint density at radius 1 is 1.04 bits per heavy atom. The number of methoxy groups -OCH3 is 2. The van der Waals surface area contributed by atoms with E-state index in [0.29, 0.717) is 29.2 Å². The van der Waals surface area contributed by atoms with E-state index in [2.05, 4.69) is 0 Å². The third kappa shape index (κ3) is 5.38. The Hall–Kier alpha value is -2.76. The van der Waals surface area contributed by atoms with Gasteiger partial charge in [0.1, 0.15) is 11.6 Å². The first-order valence-electron chi connectivity index (χ1n) is 7.87. The maximum Gasteiger partial charge on any atom is 0.341 e. The van der Waals surface area contributed by atoms with Gasteiger partial charge in [-0.3, -0.25) is 0 Å². The predicted molar refractivity (Wildman–Crippen MR) is 91.1 cm³/mol. The van der Waals surface area contributed by atoms with Crippen LogP contribution < -0.4 is 14.2 Å². The van der Waals surface area contributed by atoms with Crippen LogP contribution in [0.2, 0.25) is 0 Å². The minimum absolute atomic E-state index is 0.324. The number of halogens is 1. The van der Waals surface area contributed by atoms with Crippen LogP contribution in [0.1, 0.15) is 17.5 Å². The van der Waals surface area contributed by atoms with Crippen molar-refractivity contribution in [3.05, 3.63) is 53.3 Å². The lowest BCUT2D eigenvalue weighted by Gasteiger charge is -2.10. The van der Waals surface area contributed by atoms with Crippen molar-refractivity contribution in [3.63, 3.8) is 0 Å². The predicted octanol–water partition coefficient (Wildman–Crippen LogP) is 3.48. The van der Waals surface area contributed by atoms with E-state index < -0.39 is 12.6 Å². The summed E-state index contributed by atoms with van der Waals surface area (Å²) in [5, 5.41) is 8.63. The number of aryl methyl sites for hydroxylation is 2. The fourth-order valence-electron chi connectivity index (χ4n) is 2.50. The lowest BCUT2D eigenvalue weighted by molar-refractivity contribution is -0.139. The normalized spacial score (nSPS) is 10.4. The van der Waals surface area contributed by atoms with Gasteiger partial charge in [-0.05, 0) is 60.7 Å². The summed E-state index contributed by atoms with van der Waals surface area (Å²) in [7, 11) is 3.17. The minimum atomic E-state index is -1.07. The van der Waals surface area contributed by atoms with Crippen LogP contribution in [0.5, 0.6) is 17.2 Å². The van der Waals surface area contributed by atoms with Crippen molar-refractivity contribution >= 4 is 5.97 Å². The molecule has 6 heteroatoms. The molecule has 0 saturated carbocycles. The van der Waals surface area contributed by atoms with E-state index >= 15 is 0 Å². The minimum Gasteiger partial charge on any atom is -0.493 e. The Labute approximate surface area is 146 Å². The van der Waals surface area contributed by atoms with Crippen molar-refractivity contribution in [1.82, 2.24) is 0 Å². The summed E-state index contributed by atoms with van der Waals surface area (Å²) >= 11 is 0. The van der Waals surface area contributed by atoms with E-state index in [1.807, 2.05) is 18.2 Å². The molecule has 0 fully saturated rings. The molecule has 5 nitrogen and oxygen atoms in total. The van der Waals surface area contributed by atoms with Crippen LogP contribution in [-0.2, 0) is 17.6 Å². The summed E-state index contributed by atoms with van der Waals surface area (Å²) in [5.41, 5.74) is 1.57. The molecule has 0 amide bonds. The van der Waals surface area contributed by atoms with Gasteiger partial charge in [-0.1, -0.05) is 6.07 Å². The fraction of sp³-hybridized carbons (Fsp3) is 0.316. The second-order valence-electron chi connectivity index (χ2n) is 5.48. The second kappa shape index (κ2) is 8.92. The standard InChI is InChI=1S/C19H21FO5/c1-23-17-9-6-13(10-18(17)24-2)4-3-5-14-11-15(7-8-16(14)20)25-12-19(21)22/h6-11H,3-5,12H2,1-2H3,(H,21,22). The number of carboxylic acids is 1. The second-order valence-corrected chi connectivity index (χ2v) is 5.48. The maximum atomic E-state index is 13.9. The van der Waals surface area contributed by atoms with Crippen molar-refractivity contribution in [1.29, 1.82) is 0 Å². The number of benzene rings is 2. The van der Waals surface area contributed by atoms with Crippen molar-refractivity contribution in [2.24, 2.45) is 0 Å². The highest BCUT2D eigenvalue weighted by Gasteiger charge is 2.08. The number of hydrogen-bond acceptors (Lipinski definition) is 4. The number of aliphatic carboxylic acids is 1. The first kappa shape index (κ1) is 18.6. The van der Waals surface area contributed by atoms with E-state index in [9.17, 15) is 9.18 Å². The van der Waals surface area contributed by atoms with Gasteiger partial charge < -0.3 is 19.3 Å². The summed E-state index contributed by atoms with van der Waals surface area (Å²) in [4.78, 5) is 10.5. The molecule has 0 atom stereocenters. The van der Waals surface area contributed by atoms with Gasteiger partial charge in [0.2, 0.25) is 0 Å². The summed E-state index contributed by atoms with van der Waals surface area (Å²) in [6.07, 6.45) is 2.00. The monoisotopic (exact) mass is 348 g/mol. The summed E-state index contributed by atoms with van der Waals surface area (Å²) in [6, 6.07) is 9.96. The van der Waals surface area contributed by atoms with Gasteiger partial charge in [-0.2, -0.15) is 0 Å². The molecule has 0 aliphatic carbocycles. The SMILES string of the molecule is COc1ccc(CCCc2cc(OCC(=O)O)ccc2F)cc1OC. The zero-order valence-corrected chi connectivity index (χ0v) is 14.3. The van der Waals surface area contributed by atoms with Crippen LogP contribution in [0.25, 0.3) is 0 Å². The van der Waals surface area contributed by atoms with Gasteiger partial charge >= 0.3 is 5.97 Å². The molecule has 0 saturated heterocycles. The van der Waals surface area contributed by atoms with Crippen molar-refractivity contribution < 1.29 is 28.5 Å². The van der Waals surface area contributed by atoms with E-state index in [1.165, 1.54) is 12.1 Å². The Morgan fingerprint density at radius 3 is 2.48 bits per heavy atom. The smallest absolute Gasteiger partial charge is 0.341 e. The molecule has 2 aromatic carbocycles. The topological polar surface area (TPSA) is 65.0 Å². The zero-order valence-electron chi connectivity index (χ0n) is 14.3. The third-order valence-corrected chi connectivity index (χ3v) is 3.74. The summed E-state index contributed by atoms with van der Waals surface area (Å²) < 4.78 is 29.5. The Bertz CT molecular complexity index is 730. The largest absolute Gasteiger partial charge is 0.493 e. The van der Waals surface area contributed by atoms with Crippen molar-refractivity contribution in [3.8, 4) is 17.2 Å². The molecule has 134 valence electrons. The highest BCUT2D eigenvalue weighted by molar-refractivity contribution is 5.68. The van der Waals surface area contributed by atoms with E-state index in [1.54, 1.807) is 20.3 Å². The molecule has 0 radical (unpaired) electrons. The van der Waals surface area contributed by atoms with Crippen LogP contribution in [0, 0.1) is 5.82 Å². The highest BCUT2D eigenvalue weighted by Crippen LogP contribution is 2.28. The van der Waals surface area contributed by atoms with Crippen LogP contribution in [0.3, 0.4) is 0 Å². The molecule has 0 bridgehead atoms. The first-order valence-corrected chi connectivity index (χ1v) is 7.87. The van der Waals surface area contributed by atoms with Gasteiger partial charge in [0.05, 0.1) is 14.2 Å². The van der Waals surface area contributed by atoms with Crippen LogP contribution in [0.15, 0.2) is 36.4 Å². The van der Waals surface area contributed by atoms with Gasteiger partial charge in [0.25, 0.3) is 0 Å². The molecule has 1 N–H and O–H groups in total. The molecule has 0 aliphatic rings. The molecule has 2 rings (SSSR count).